The minimum atomic E-state index is -4.71. The maximum atomic E-state index is 13.0. The molecule has 1 fully saturated rings. The molecule has 0 saturated carbocycles. The van der Waals surface area contributed by atoms with Gasteiger partial charge in [0.15, 0.2) is 0 Å². The van der Waals surface area contributed by atoms with Gasteiger partial charge in [0, 0.05) is 45.9 Å². The lowest BCUT2D eigenvalue weighted by Gasteiger charge is -2.37. The first kappa shape index (κ1) is 21.4. The van der Waals surface area contributed by atoms with Crippen LogP contribution in [0.2, 0.25) is 5.02 Å². The topological polar surface area (TPSA) is 49.9 Å². The van der Waals surface area contributed by atoms with E-state index in [1.165, 1.54) is 4.31 Å². The molecule has 0 radical (unpaired) electrons. The highest BCUT2D eigenvalue weighted by Gasteiger charge is 2.36. The van der Waals surface area contributed by atoms with Gasteiger partial charge in [0.25, 0.3) is 0 Å². The monoisotopic (exact) mass is 414 g/mol. The highest BCUT2D eigenvalue weighted by molar-refractivity contribution is 7.89. The zero-order valence-electron chi connectivity index (χ0n) is 14.6. The van der Waals surface area contributed by atoms with Gasteiger partial charge in [0.05, 0.1) is 15.5 Å². The van der Waals surface area contributed by atoms with E-state index in [0.717, 1.165) is 18.6 Å². The number of ether oxygens (including phenoxy) is 1. The van der Waals surface area contributed by atoms with Gasteiger partial charge < -0.3 is 4.74 Å². The molecule has 5 nitrogen and oxygen atoms in total. The zero-order valence-corrected chi connectivity index (χ0v) is 16.2. The number of hydrogen-bond donors (Lipinski definition) is 0. The molecule has 0 bridgehead atoms. The third kappa shape index (κ3) is 4.89. The van der Waals surface area contributed by atoms with E-state index in [0.29, 0.717) is 25.8 Å². The minimum Gasteiger partial charge on any atom is -0.385 e. The fourth-order valence-electron chi connectivity index (χ4n) is 2.89. The average molecular weight is 415 g/mol. The fourth-order valence-corrected chi connectivity index (χ4v) is 4.56. The molecular formula is C16H22ClF3N2O3S. The normalized spacial score (nSPS) is 18.8. The first-order valence-corrected chi connectivity index (χ1v) is 9.99. The van der Waals surface area contributed by atoms with Crippen molar-refractivity contribution in [3.63, 3.8) is 0 Å². The van der Waals surface area contributed by atoms with Gasteiger partial charge in [-0.05, 0) is 31.5 Å². The summed E-state index contributed by atoms with van der Waals surface area (Å²) in [6.07, 6.45) is -3.88. The van der Waals surface area contributed by atoms with E-state index < -0.39 is 31.7 Å². The molecule has 1 aromatic rings. The van der Waals surface area contributed by atoms with Crippen molar-refractivity contribution >= 4 is 21.6 Å². The molecule has 1 saturated heterocycles. The van der Waals surface area contributed by atoms with Gasteiger partial charge in [-0.2, -0.15) is 17.5 Å². The Morgan fingerprint density at radius 3 is 2.38 bits per heavy atom. The number of nitrogens with zero attached hydrogens (tertiary/aromatic N) is 2. The molecule has 2 rings (SSSR count). The molecule has 0 aliphatic carbocycles. The molecule has 0 unspecified atom stereocenters. The van der Waals surface area contributed by atoms with Crippen molar-refractivity contribution < 1.29 is 26.3 Å². The van der Waals surface area contributed by atoms with Crippen molar-refractivity contribution in [1.29, 1.82) is 0 Å². The summed E-state index contributed by atoms with van der Waals surface area (Å²) in [5, 5.41) is -0.520. The largest absolute Gasteiger partial charge is 0.417 e. The molecule has 0 spiro atoms. The molecular weight excluding hydrogens is 393 g/mol. The second-order valence-corrected chi connectivity index (χ2v) is 8.56. The number of halogens is 4. The van der Waals surface area contributed by atoms with E-state index in [1.807, 2.05) is 6.92 Å². The predicted molar refractivity (Wildman–Crippen MR) is 92.7 cm³/mol. The van der Waals surface area contributed by atoms with Gasteiger partial charge in [-0.3, -0.25) is 4.90 Å². The van der Waals surface area contributed by atoms with Crippen LogP contribution in [0.3, 0.4) is 0 Å². The van der Waals surface area contributed by atoms with E-state index in [2.05, 4.69) is 4.90 Å². The van der Waals surface area contributed by atoms with Gasteiger partial charge in [0.1, 0.15) is 0 Å². The molecule has 0 amide bonds. The second kappa shape index (κ2) is 8.43. The molecule has 0 aromatic heterocycles. The van der Waals surface area contributed by atoms with Crippen molar-refractivity contribution in [1.82, 2.24) is 9.21 Å². The Bertz CT molecular complexity index is 720. The van der Waals surface area contributed by atoms with Crippen LogP contribution in [-0.2, 0) is 20.9 Å². The Labute approximate surface area is 156 Å². The van der Waals surface area contributed by atoms with Crippen molar-refractivity contribution in [2.45, 2.75) is 30.5 Å². The lowest BCUT2D eigenvalue weighted by atomic mass is 10.2. The highest BCUT2D eigenvalue weighted by atomic mass is 35.5. The smallest absolute Gasteiger partial charge is 0.385 e. The first-order valence-electron chi connectivity index (χ1n) is 8.17. The number of benzene rings is 1. The maximum absolute atomic E-state index is 13.0. The standard InChI is InChI=1S/C16H22ClF3N2O3S/c1-12(5-10-25-2)21-6-8-22(9-7-21)26(23,24)13-3-4-15(17)14(11-13)16(18,19)20/h3-4,11-12H,5-10H2,1-2H3/t12-/m1/s1. The number of piperazine rings is 1. The molecule has 1 atom stereocenters. The van der Waals surface area contributed by atoms with Crippen LogP contribution in [0.4, 0.5) is 13.2 Å². The number of rotatable bonds is 6. The summed E-state index contributed by atoms with van der Waals surface area (Å²) in [6, 6.07) is 2.93. The third-order valence-electron chi connectivity index (χ3n) is 4.52. The third-order valence-corrected chi connectivity index (χ3v) is 6.74. The van der Waals surface area contributed by atoms with Crippen molar-refractivity contribution in [3.8, 4) is 0 Å². The SMILES string of the molecule is COCC[C@@H](C)N1CCN(S(=O)(=O)c2ccc(Cl)c(C(F)(F)F)c2)CC1. The first-order chi connectivity index (χ1) is 12.1. The Morgan fingerprint density at radius 2 is 1.85 bits per heavy atom. The van der Waals surface area contributed by atoms with Gasteiger partial charge >= 0.3 is 6.18 Å². The Hall–Kier alpha value is -0.870. The lowest BCUT2D eigenvalue weighted by molar-refractivity contribution is -0.137. The Morgan fingerprint density at radius 1 is 1.23 bits per heavy atom. The Balaban J connectivity index is 2.13. The van der Waals surface area contributed by atoms with Crippen LogP contribution < -0.4 is 0 Å². The van der Waals surface area contributed by atoms with E-state index in [-0.39, 0.29) is 19.1 Å². The van der Waals surface area contributed by atoms with Crippen LogP contribution >= 0.6 is 11.6 Å². The van der Waals surface area contributed by atoms with Gasteiger partial charge in [-0.25, -0.2) is 8.42 Å². The van der Waals surface area contributed by atoms with Crippen LogP contribution in [0.1, 0.15) is 18.9 Å². The van der Waals surface area contributed by atoms with Crippen molar-refractivity contribution in [3.05, 3.63) is 28.8 Å². The second-order valence-electron chi connectivity index (χ2n) is 6.21. The lowest BCUT2D eigenvalue weighted by Crippen LogP contribution is -2.51. The molecule has 148 valence electrons. The number of sulfonamides is 1. The van der Waals surface area contributed by atoms with Crippen LogP contribution in [0.15, 0.2) is 23.1 Å². The van der Waals surface area contributed by atoms with Crippen LogP contribution in [0.5, 0.6) is 0 Å². The molecule has 26 heavy (non-hydrogen) atoms. The average Bonchev–Trinajstić information content (AvgIpc) is 2.59. The van der Waals surface area contributed by atoms with Crippen molar-refractivity contribution in [2.24, 2.45) is 0 Å². The predicted octanol–water partition coefficient (Wildman–Crippen LogP) is 3.09. The number of alkyl halides is 3. The quantitative estimate of drug-likeness (QED) is 0.717. The van der Waals surface area contributed by atoms with Crippen LogP contribution in [0.25, 0.3) is 0 Å². The van der Waals surface area contributed by atoms with E-state index in [4.69, 9.17) is 16.3 Å². The number of hydrogen-bond acceptors (Lipinski definition) is 4. The molecule has 1 heterocycles. The summed E-state index contributed by atoms with van der Waals surface area (Å²) in [5.41, 5.74) is -1.15. The van der Waals surface area contributed by atoms with Crippen LogP contribution in [-0.4, -0.2) is 63.6 Å². The summed E-state index contributed by atoms with van der Waals surface area (Å²) in [6.45, 7) is 4.14. The zero-order chi connectivity index (χ0) is 19.5. The fraction of sp³-hybridized carbons (Fsp3) is 0.625. The van der Waals surface area contributed by atoms with Crippen molar-refractivity contribution in [2.75, 3.05) is 39.9 Å². The molecule has 0 N–H and O–H groups in total. The molecule has 1 aliphatic heterocycles. The summed E-state index contributed by atoms with van der Waals surface area (Å²) in [4.78, 5) is 1.75. The maximum Gasteiger partial charge on any atom is 0.417 e. The molecule has 10 heteroatoms. The van der Waals surface area contributed by atoms with Gasteiger partial charge in [-0.15, -0.1) is 0 Å². The summed E-state index contributed by atoms with van der Waals surface area (Å²) >= 11 is 5.57. The highest BCUT2D eigenvalue weighted by Crippen LogP contribution is 2.36. The Kier molecular flexibility index (Phi) is 6.95. The molecule has 1 aromatic carbocycles. The van der Waals surface area contributed by atoms with E-state index >= 15 is 0 Å². The summed E-state index contributed by atoms with van der Waals surface area (Å²) in [5.74, 6) is 0. The van der Waals surface area contributed by atoms with Gasteiger partial charge in [0.2, 0.25) is 10.0 Å². The van der Waals surface area contributed by atoms with Gasteiger partial charge in [-0.1, -0.05) is 11.6 Å². The molecule has 1 aliphatic rings. The minimum absolute atomic E-state index is 0.226. The number of methoxy groups -OCH3 is 1. The van der Waals surface area contributed by atoms with E-state index in [1.54, 1.807) is 7.11 Å². The summed E-state index contributed by atoms with van der Waals surface area (Å²) in [7, 11) is -2.38. The summed E-state index contributed by atoms with van der Waals surface area (Å²) < 4.78 is 70.6. The van der Waals surface area contributed by atoms with E-state index in [9.17, 15) is 21.6 Å². The van der Waals surface area contributed by atoms with Crippen LogP contribution in [0, 0.1) is 0 Å².